The molecule has 0 radical (unpaired) electrons. The zero-order chi connectivity index (χ0) is 14.2. The molecule has 21 heavy (non-hydrogen) atoms. The Kier molecular flexibility index (Phi) is 2.97. The first-order valence-electron chi connectivity index (χ1n) is 7.12. The Morgan fingerprint density at radius 3 is 2.90 bits per heavy atom. The van der Waals surface area contributed by atoms with Gasteiger partial charge in [-0.2, -0.15) is 0 Å². The van der Waals surface area contributed by atoms with E-state index in [-0.39, 0.29) is 0 Å². The van der Waals surface area contributed by atoms with E-state index in [9.17, 15) is 0 Å². The van der Waals surface area contributed by atoms with Gasteiger partial charge in [0, 0.05) is 24.5 Å². The van der Waals surface area contributed by atoms with Crippen LogP contribution in [-0.4, -0.2) is 14.5 Å². The first kappa shape index (κ1) is 12.5. The third-order valence-corrected chi connectivity index (χ3v) is 4.79. The summed E-state index contributed by atoms with van der Waals surface area (Å²) >= 11 is 1.78. The van der Waals surface area contributed by atoms with Crippen LogP contribution < -0.4 is 0 Å². The molecule has 0 bridgehead atoms. The van der Waals surface area contributed by atoms with Crippen LogP contribution in [0.25, 0.3) is 27.9 Å². The Balaban J connectivity index is 1.93. The van der Waals surface area contributed by atoms with Crippen molar-refractivity contribution in [1.29, 1.82) is 0 Å². The summed E-state index contributed by atoms with van der Waals surface area (Å²) in [4.78, 5) is 10.2. The molecule has 4 rings (SSSR count). The van der Waals surface area contributed by atoms with Crippen molar-refractivity contribution in [2.24, 2.45) is 0 Å². The summed E-state index contributed by atoms with van der Waals surface area (Å²) < 4.78 is 2.27. The van der Waals surface area contributed by atoms with Crippen LogP contribution >= 0.6 is 11.3 Å². The number of aromatic nitrogens is 3. The van der Waals surface area contributed by atoms with Gasteiger partial charge in [-0.25, -0.2) is 4.98 Å². The Labute approximate surface area is 127 Å². The maximum absolute atomic E-state index is 4.85. The van der Waals surface area contributed by atoms with E-state index in [1.165, 1.54) is 21.7 Å². The maximum atomic E-state index is 4.85. The summed E-state index contributed by atoms with van der Waals surface area (Å²) in [5.74, 6) is 1.04. The van der Waals surface area contributed by atoms with Crippen LogP contribution in [0, 0.1) is 0 Å². The van der Waals surface area contributed by atoms with Gasteiger partial charge in [0.15, 0.2) is 0 Å². The van der Waals surface area contributed by atoms with Crippen LogP contribution in [0.5, 0.6) is 0 Å². The van der Waals surface area contributed by atoms with Crippen molar-refractivity contribution in [1.82, 2.24) is 14.5 Å². The summed E-state index contributed by atoms with van der Waals surface area (Å²) in [5, 5.41) is 2.23. The second-order valence-electron chi connectivity index (χ2n) is 5.09. The van der Waals surface area contributed by atoms with Gasteiger partial charge in [0.25, 0.3) is 0 Å². The van der Waals surface area contributed by atoms with Crippen molar-refractivity contribution in [2.45, 2.75) is 19.9 Å². The van der Waals surface area contributed by atoms with Crippen LogP contribution in [0.4, 0.5) is 0 Å². The molecule has 0 saturated heterocycles. The van der Waals surface area contributed by atoms with Gasteiger partial charge in [-0.05, 0) is 41.6 Å². The molecule has 1 aliphatic heterocycles. The molecule has 1 aliphatic rings. The topological polar surface area (TPSA) is 30.7 Å². The molecular formula is C17H15N3S. The highest BCUT2D eigenvalue weighted by Gasteiger charge is 2.21. The van der Waals surface area contributed by atoms with Crippen molar-refractivity contribution in [3.63, 3.8) is 0 Å². The van der Waals surface area contributed by atoms with Crippen molar-refractivity contribution in [3.05, 3.63) is 53.4 Å². The quantitative estimate of drug-likeness (QED) is 0.722. The number of thiophene rings is 1. The lowest BCUT2D eigenvalue weighted by molar-refractivity contribution is 0.845. The van der Waals surface area contributed by atoms with Crippen LogP contribution in [0.1, 0.15) is 18.3 Å². The Morgan fingerprint density at radius 2 is 2.14 bits per heavy atom. The minimum absolute atomic E-state index is 0.895. The van der Waals surface area contributed by atoms with E-state index in [2.05, 4.69) is 52.2 Å². The summed E-state index contributed by atoms with van der Waals surface area (Å²) in [6.45, 7) is 3.08. The molecule has 3 nitrogen and oxygen atoms in total. The highest BCUT2D eigenvalue weighted by atomic mass is 32.1. The fraction of sp³-hybridized carbons (Fsp3) is 0.176. The number of pyridine rings is 1. The highest BCUT2D eigenvalue weighted by molar-refractivity contribution is 7.13. The van der Waals surface area contributed by atoms with Gasteiger partial charge in [-0.15, -0.1) is 11.3 Å². The van der Waals surface area contributed by atoms with E-state index in [0.717, 1.165) is 24.5 Å². The Bertz CT molecular complexity index is 812. The number of aryl methyl sites for hydroxylation is 1. The van der Waals surface area contributed by atoms with Gasteiger partial charge in [-0.3, -0.25) is 4.98 Å². The lowest BCUT2D eigenvalue weighted by atomic mass is 10.1. The third kappa shape index (κ3) is 2.03. The molecular weight excluding hydrogens is 278 g/mol. The smallest absolute Gasteiger partial charge is 0.133 e. The summed E-state index contributed by atoms with van der Waals surface area (Å²) in [7, 11) is 0. The SMILES string of the molecule is CCc1csc(-c2nc3n(c2-c2ccncc2)CC=C3)c1. The van der Waals surface area contributed by atoms with Gasteiger partial charge in [-0.1, -0.05) is 13.0 Å². The average Bonchev–Trinajstić information content (AvgIpc) is 3.22. The summed E-state index contributed by atoms with van der Waals surface area (Å²) in [5.41, 5.74) is 4.83. The van der Waals surface area contributed by atoms with Gasteiger partial charge in [0.2, 0.25) is 0 Å². The van der Waals surface area contributed by atoms with E-state index >= 15 is 0 Å². The zero-order valence-corrected chi connectivity index (χ0v) is 12.6. The van der Waals surface area contributed by atoms with Crippen molar-refractivity contribution >= 4 is 17.4 Å². The molecule has 0 aromatic carbocycles. The number of fused-ring (bicyclic) bond motifs is 1. The number of nitrogens with zero attached hydrogens (tertiary/aromatic N) is 3. The Morgan fingerprint density at radius 1 is 1.29 bits per heavy atom. The second-order valence-corrected chi connectivity index (χ2v) is 6.00. The van der Waals surface area contributed by atoms with Gasteiger partial charge in [0.1, 0.15) is 11.5 Å². The fourth-order valence-corrected chi connectivity index (χ4v) is 3.69. The van der Waals surface area contributed by atoms with Crippen molar-refractivity contribution in [2.75, 3.05) is 0 Å². The molecule has 104 valence electrons. The predicted molar refractivity (Wildman–Crippen MR) is 87.2 cm³/mol. The van der Waals surface area contributed by atoms with E-state index in [1.807, 2.05) is 12.4 Å². The number of hydrogen-bond acceptors (Lipinski definition) is 3. The van der Waals surface area contributed by atoms with E-state index in [0.29, 0.717) is 0 Å². The first-order chi connectivity index (χ1) is 10.4. The largest absolute Gasteiger partial charge is 0.320 e. The molecule has 4 heteroatoms. The molecule has 0 saturated carbocycles. The molecule has 0 spiro atoms. The van der Waals surface area contributed by atoms with Crippen LogP contribution in [0.3, 0.4) is 0 Å². The molecule has 3 aromatic rings. The lowest BCUT2D eigenvalue weighted by Gasteiger charge is -2.07. The molecule has 0 N–H and O–H groups in total. The van der Waals surface area contributed by atoms with E-state index in [4.69, 9.17) is 4.98 Å². The van der Waals surface area contributed by atoms with Crippen LogP contribution in [0.2, 0.25) is 0 Å². The fourth-order valence-electron chi connectivity index (χ4n) is 2.71. The maximum Gasteiger partial charge on any atom is 0.133 e. The first-order valence-corrected chi connectivity index (χ1v) is 8.00. The molecule has 0 amide bonds. The van der Waals surface area contributed by atoms with Gasteiger partial charge < -0.3 is 4.57 Å². The molecule has 0 fully saturated rings. The second kappa shape index (κ2) is 4.97. The van der Waals surface area contributed by atoms with Crippen LogP contribution in [-0.2, 0) is 13.0 Å². The molecule has 3 aromatic heterocycles. The molecule has 0 aliphatic carbocycles. The minimum Gasteiger partial charge on any atom is -0.320 e. The van der Waals surface area contributed by atoms with E-state index < -0.39 is 0 Å². The van der Waals surface area contributed by atoms with Crippen molar-refractivity contribution < 1.29 is 0 Å². The van der Waals surface area contributed by atoms with Gasteiger partial charge >= 0.3 is 0 Å². The highest BCUT2D eigenvalue weighted by Crippen LogP contribution is 2.37. The zero-order valence-electron chi connectivity index (χ0n) is 11.8. The van der Waals surface area contributed by atoms with E-state index in [1.54, 1.807) is 11.3 Å². The monoisotopic (exact) mass is 293 g/mol. The van der Waals surface area contributed by atoms with Crippen LogP contribution in [0.15, 0.2) is 42.0 Å². The normalized spacial score (nSPS) is 12.8. The minimum atomic E-state index is 0.895. The lowest BCUT2D eigenvalue weighted by Crippen LogP contribution is -1.96. The average molecular weight is 293 g/mol. The third-order valence-electron chi connectivity index (χ3n) is 3.80. The van der Waals surface area contributed by atoms with Gasteiger partial charge in [0.05, 0.1) is 10.6 Å². The number of rotatable bonds is 3. The summed E-state index contributed by atoms with van der Waals surface area (Å²) in [6, 6.07) is 6.37. The number of allylic oxidation sites excluding steroid dienone is 1. The standard InChI is InChI=1S/C17H15N3S/c1-2-12-10-14(21-11-12)16-17(13-5-7-18-8-6-13)20-9-3-4-15(20)19-16/h3-8,10-11H,2,9H2,1H3. The van der Waals surface area contributed by atoms with Crippen molar-refractivity contribution in [3.8, 4) is 21.8 Å². The number of hydrogen-bond donors (Lipinski definition) is 0. The molecule has 0 atom stereocenters. The number of imidazole rings is 1. The molecule has 4 heterocycles. The predicted octanol–water partition coefficient (Wildman–Crippen LogP) is 4.26. The Hall–Kier alpha value is -2.20. The molecule has 0 unspecified atom stereocenters. The summed E-state index contributed by atoms with van der Waals surface area (Å²) in [6.07, 6.45) is 9.00.